The molecular weight excluding hydrogens is 311 g/mol. The van der Waals surface area contributed by atoms with Gasteiger partial charge in [-0.3, -0.25) is 0 Å². The van der Waals surface area contributed by atoms with Crippen molar-refractivity contribution in [3.8, 4) is 0 Å². The second kappa shape index (κ2) is 5.21. The highest BCUT2D eigenvalue weighted by atomic mass is 79.9. The molecule has 3 rings (SSSR count). The zero-order valence-electron chi connectivity index (χ0n) is 10.6. The minimum absolute atomic E-state index is 0.274. The van der Waals surface area contributed by atoms with E-state index < -0.39 is 5.95 Å². The summed E-state index contributed by atoms with van der Waals surface area (Å²) in [7, 11) is 0. The Bertz CT molecular complexity index is 494. The number of ether oxygens (including phenoxy) is 1. The summed E-state index contributed by atoms with van der Waals surface area (Å²) in [5.74, 6) is -0.466. The van der Waals surface area contributed by atoms with Crippen LogP contribution >= 0.6 is 15.9 Å². The minimum Gasteiger partial charge on any atom is -0.384 e. The molecule has 102 valence electrons. The van der Waals surface area contributed by atoms with Gasteiger partial charge < -0.3 is 10.1 Å². The zero-order chi connectivity index (χ0) is 13.3. The molecule has 1 N–H and O–H groups in total. The van der Waals surface area contributed by atoms with Gasteiger partial charge in [0, 0.05) is 23.7 Å². The molecular formula is C14H16BrFN2O. The standard InChI is InChI=1S/C14H16BrFN2O/c15-12-7-11(8-13(16)18-12)17-9-14(3-4-14)10-1-5-19-6-2-10/h1,7-8H,2-6,9H2,(H,17,18). The van der Waals surface area contributed by atoms with Gasteiger partial charge in [-0.05, 0) is 41.3 Å². The van der Waals surface area contributed by atoms with E-state index in [4.69, 9.17) is 4.74 Å². The maximum Gasteiger partial charge on any atom is 0.215 e. The van der Waals surface area contributed by atoms with E-state index in [2.05, 4.69) is 32.3 Å². The molecule has 1 fully saturated rings. The van der Waals surface area contributed by atoms with Gasteiger partial charge in [0.15, 0.2) is 0 Å². The van der Waals surface area contributed by atoms with Gasteiger partial charge in [-0.1, -0.05) is 11.6 Å². The van der Waals surface area contributed by atoms with Crippen LogP contribution < -0.4 is 5.32 Å². The quantitative estimate of drug-likeness (QED) is 0.679. The SMILES string of the molecule is Fc1cc(NCC2(C3=CCOCC3)CC2)cc(Br)n1. The van der Waals surface area contributed by atoms with Crippen molar-refractivity contribution in [3.05, 3.63) is 34.3 Å². The average molecular weight is 327 g/mol. The van der Waals surface area contributed by atoms with E-state index in [1.54, 1.807) is 6.07 Å². The van der Waals surface area contributed by atoms with Crippen LogP contribution in [-0.2, 0) is 4.74 Å². The molecule has 2 heterocycles. The lowest BCUT2D eigenvalue weighted by molar-refractivity contribution is 0.150. The van der Waals surface area contributed by atoms with Crippen LogP contribution in [0.25, 0.3) is 0 Å². The molecule has 1 aromatic heterocycles. The summed E-state index contributed by atoms with van der Waals surface area (Å²) in [6.07, 6.45) is 5.65. The molecule has 0 aromatic carbocycles. The highest BCUT2D eigenvalue weighted by molar-refractivity contribution is 9.10. The fourth-order valence-corrected chi connectivity index (χ4v) is 3.03. The van der Waals surface area contributed by atoms with Crippen LogP contribution in [0, 0.1) is 11.4 Å². The van der Waals surface area contributed by atoms with Crippen molar-refractivity contribution in [2.45, 2.75) is 19.3 Å². The number of hydrogen-bond acceptors (Lipinski definition) is 3. The van der Waals surface area contributed by atoms with Crippen molar-refractivity contribution in [1.82, 2.24) is 4.98 Å². The number of rotatable bonds is 4. The van der Waals surface area contributed by atoms with Crippen LogP contribution in [0.5, 0.6) is 0 Å². The number of halogens is 2. The van der Waals surface area contributed by atoms with Gasteiger partial charge in [-0.15, -0.1) is 0 Å². The Morgan fingerprint density at radius 2 is 2.26 bits per heavy atom. The van der Waals surface area contributed by atoms with Crippen molar-refractivity contribution < 1.29 is 9.13 Å². The van der Waals surface area contributed by atoms with Gasteiger partial charge in [0.1, 0.15) is 4.60 Å². The maximum atomic E-state index is 13.2. The second-order valence-electron chi connectivity index (χ2n) is 5.19. The third-order valence-corrected chi connectivity index (χ3v) is 4.30. The summed E-state index contributed by atoms with van der Waals surface area (Å²) >= 11 is 3.21. The van der Waals surface area contributed by atoms with E-state index >= 15 is 0 Å². The third-order valence-electron chi connectivity index (χ3n) is 3.89. The van der Waals surface area contributed by atoms with Crippen molar-refractivity contribution in [1.29, 1.82) is 0 Å². The fraction of sp³-hybridized carbons (Fsp3) is 0.500. The highest BCUT2D eigenvalue weighted by Crippen LogP contribution is 2.53. The molecule has 0 atom stereocenters. The van der Waals surface area contributed by atoms with Gasteiger partial charge in [0.25, 0.3) is 0 Å². The first-order valence-corrected chi connectivity index (χ1v) is 7.31. The largest absolute Gasteiger partial charge is 0.384 e. The number of hydrogen-bond donors (Lipinski definition) is 1. The van der Waals surface area contributed by atoms with Gasteiger partial charge in [-0.25, -0.2) is 4.98 Å². The van der Waals surface area contributed by atoms with Crippen LogP contribution in [0.1, 0.15) is 19.3 Å². The summed E-state index contributed by atoms with van der Waals surface area (Å²) in [5.41, 5.74) is 2.55. The summed E-state index contributed by atoms with van der Waals surface area (Å²) in [6.45, 7) is 2.41. The van der Waals surface area contributed by atoms with Gasteiger partial charge in [-0.2, -0.15) is 4.39 Å². The Hall–Kier alpha value is -0.940. The average Bonchev–Trinajstić information content (AvgIpc) is 3.18. The molecule has 0 saturated heterocycles. The van der Waals surface area contributed by atoms with E-state index in [-0.39, 0.29) is 5.41 Å². The molecule has 1 aliphatic heterocycles. The maximum absolute atomic E-state index is 13.2. The first kappa shape index (κ1) is 13.1. The number of anilines is 1. The lowest BCUT2D eigenvalue weighted by atomic mass is 9.92. The number of nitrogens with zero attached hydrogens (tertiary/aromatic N) is 1. The minimum atomic E-state index is -0.466. The highest BCUT2D eigenvalue weighted by Gasteiger charge is 2.45. The third kappa shape index (κ3) is 2.98. The molecule has 0 radical (unpaired) electrons. The van der Waals surface area contributed by atoms with Crippen LogP contribution in [0.3, 0.4) is 0 Å². The van der Waals surface area contributed by atoms with Crippen LogP contribution in [-0.4, -0.2) is 24.7 Å². The monoisotopic (exact) mass is 326 g/mol. The first-order chi connectivity index (χ1) is 9.18. The zero-order valence-corrected chi connectivity index (χ0v) is 12.2. The predicted molar refractivity (Wildman–Crippen MR) is 75.6 cm³/mol. The van der Waals surface area contributed by atoms with Crippen LogP contribution in [0.2, 0.25) is 0 Å². The van der Waals surface area contributed by atoms with E-state index in [1.807, 2.05) is 0 Å². The number of pyridine rings is 1. The molecule has 1 saturated carbocycles. The summed E-state index contributed by atoms with van der Waals surface area (Å²) in [6, 6.07) is 3.23. The van der Waals surface area contributed by atoms with Crippen LogP contribution in [0.4, 0.5) is 10.1 Å². The summed E-state index contributed by atoms with van der Waals surface area (Å²) in [5, 5.41) is 3.33. The van der Waals surface area contributed by atoms with Crippen molar-refractivity contribution >= 4 is 21.6 Å². The lowest BCUT2D eigenvalue weighted by Crippen LogP contribution is -2.21. The number of nitrogens with one attached hydrogen (secondary N) is 1. The number of aromatic nitrogens is 1. The van der Waals surface area contributed by atoms with Crippen molar-refractivity contribution in [3.63, 3.8) is 0 Å². The summed E-state index contributed by atoms with van der Waals surface area (Å²) < 4.78 is 19.1. The summed E-state index contributed by atoms with van der Waals surface area (Å²) in [4.78, 5) is 3.67. The Morgan fingerprint density at radius 1 is 1.42 bits per heavy atom. The molecule has 0 spiro atoms. The first-order valence-electron chi connectivity index (χ1n) is 6.52. The smallest absolute Gasteiger partial charge is 0.215 e. The molecule has 1 aliphatic carbocycles. The van der Waals surface area contributed by atoms with Gasteiger partial charge in [0.2, 0.25) is 5.95 Å². The van der Waals surface area contributed by atoms with E-state index in [1.165, 1.54) is 24.5 Å². The van der Waals surface area contributed by atoms with Crippen molar-refractivity contribution in [2.24, 2.45) is 5.41 Å². The van der Waals surface area contributed by atoms with E-state index in [9.17, 15) is 4.39 Å². The Balaban J connectivity index is 1.67. The van der Waals surface area contributed by atoms with Gasteiger partial charge in [0.05, 0.1) is 13.2 Å². The fourth-order valence-electron chi connectivity index (χ4n) is 2.61. The second-order valence-corrected chi connectivity index (χ2v) is 6.00. The predicted octanol–water partition coefficient (Wildman–Crippen LogP) is 3.52. The van der Waals surface area contributed by atoms with Crippen LogP contribution in [0.15, 0.2) is 28.4 Å². The van der Waals surface area contributed by atoms with E-state index in [0.717, 1.165) is 31.9 Å². The van der Waals surface area contributed by atoms with Crippen molar-refractivity contribution in [2.75, 3.05) is 25.1 Å². The lowest BCUT2D eigenvalue weighted by Gasteiger charge is -2.23. The molecule has 3 nitrogen and oxygen atoms in total. The molecule has 5 heteroatoms. The molecule has 0 amide bonds. The van der Waals surface area contributed by atoms with E-state index in [0.29, 0.717) is 4.60 Å². The Kier molecular flexibility index (Phi) is 3.58. The molecule has 2 aliphatic rings. The van der Waals surface area contributed by atoms with Gasteiger partial charge >= 0.3 is 0 Å². The molecule has 0 unspecified atom stereocenters. The molecule has 19 heavy (non-hydrogen) atoms. The molecule has 1 aromatic rings. The Labute approximate surface area is 120 Å². The molecule has 0 bridgehead atoms. The normalized spacial score (nSPS) is 20.8. The Morgan fingerprint density at radius 3 is 2.89 bits per heavy atom. The topological polar surface area (TPSA) is 34.1 Å².